The molecule has 1 aliphatic heterocycles. The Morgan fingerprint density at radius 2 is 2.23 bits per heavy atom. The first-order chi connectivity index (χ1) is 10.4. The van der Waals surface area contributed by atoms with Crippen LogP contribution in [0.4, 0.5) is 0 Å². The number of nitrogens with zero attached hydrogens (tertiary/aromatic N) is 2. The van der Waals surface area contributed by atoms with E-state index < -0.39 is 0 Å². The van der Waals surface area contributed by atoms with E-state index in [4.69, 9.17) is 0 Å². The number of hydrogen-bond acceptors (Lipinski definition) is 3. The summed E-state index contributed by atoms with van der Waals surface area (Å²) < 4.78 is 2.12. The number of rotatable bonds is 6. The largest absolute Gasteiger partial charge is 0.396 e. The van der Waals surface area contributed by atoms with Gasteiger partial charge in [-0.2, -0.15) is 0 Å². The second kappa shape index (κ2) is 6.80. The van der Waals surface area contributed by atoms with Crippen molar-refractivity contribution in [2.24, 2.45) is 5.41 Å². The van der Waals surface area contributed by atoms with Crippen LogP contribution in [-0.2, 0) is 6.54 Å². The second-order valence-electron chi connectivity index (χ2n) is 6.89. The molecule has 0 spiro atoms. The van der Waals surface area contributed by atoms with Gasteiger partial charge in [0.05, 0.1) is 6.54 Å². The topological polar surface area (TPSA) is 45.5 Å². The Balaban J connectivity index is 2.09. The van der Waals surface area contributed by atoms with Crippen molar-refractivity contribution in [3.8, 4) is 0 Å². The number of piperidine rings is 1. The monoisotopic (exact) mass is 304 g/mol. The van der Waals surface area contributed by atoms with Crippen LogP contribution in [0.15, 0.2) is 18.7 Å². The summed E-state index contributed by atoms with van der Waals surface area (Å²) in [5, 5.41) is 9.54. The lowest BCUT2D eigenvalue weighted by molar-refractivity contribution is 0.0445. The number of likely N-dealkylation sites (tertiary alicyclic amines) is 1. The lowest BCUT2D eigenvalue weighted by Crippen LogP contribution is -2.45. The summed E-state index contributed by atoms with van der Waals surface area (Å²) in [4.78, 5) is 14.8. The fraction of sp³-hybridized carbons (Fsp3) is 0.611. The Morgan fingerprint density at radius 1 is 1.50 bits per heavy atom. The minimum Gasteiger partial charge on any atom is -0.396 e. The molecule has 0 aliphatic carbocycles. The normalized spacial score (nSPS) is 22.7. The van der Waals surface area contributed by atoms with Gasteiger partial charge in [0.1, 0.15) is 0 Å². The summed E-state index contributed by atoms with van der Waals surface area (Å²) in [6.07, 6.45) is 3.92. The van der Waals surface area contributed by atoms with Crippen LogP contribution in [0.3, 0.4) is 0 Å². The summed E-state index contributed by atoms with van der Waals surface area (Å²) in [6.45, 7) is 13.0. The summed E-state index contributed by atoms with van der Waals surface area (Å²) in [6, 6.07) is 1.98. The van der Waals surface area contributed by atoms with Crippen molar-refractivity contribution in [1.82, 2.24) is 9.47 Å². The lowest BCUT2D eigenvalue weighted by Gasteiger charge is -2.39. The SMILES string of the molecule is C=CCn1c(C)cc(C(=O)CN2CCCC(C)(CO)C2)c1C. The molecule has 1 atom stereocenters. The highest BCUT2D eigenvalue weighted by atomic mass is 16.3. The van der Waals surface area contributed by atoms with Crippen LogP contribution < -0.4 is 0 Å². The van der Waals surface area contributed by atoms with Crippen molar-refractivity contribution < 1.29 is 9.90 Å². The molecule has 1 N–H and O–H groups in total. The van der Waals surface area contributed by atoms with Gasteiger partial charge in [-0.15, -0.1) is 6.58 Å². The number of aromatic nitrogens is 1. The summed E-state index contributed by atoms with van der Waals surface area (Å²) in [5.41, 5.74) is 2.86. The van der Waals surface area contributed by atoms with Crippen LogP contribution in [0.25, 0.3) is 0 Å². The highest BCUT2D eigenvalue weighted by molar-refractivity contribution is 5.99. The molecule has 1 aromatic rings. The van der Waals surface area contributed by atoms with Crippen LogP contribution in [0.5, 0.6) is 0 Å². The zero-order valence-corrected chi connectivity index (χ0v) is 14.1. The van der Waals surface area contributed by atoms with E-state index >= 15 is 0 Å². The Morgan fingerprint density at radius 3 is 2.86 bits per heavy atom. The quantitative estimate of drug-likeness (QED) is 0.649. The fourth-order valence-corrected chi connectivity index (χ4v) is 3.47. The van der Waals surface area contributed by atoms with Gasteiger partial charge in [0.25, 0.3) is 0 Å². The van der Waals surface area contributed by atoms with Crippen molar-refractivity contribution in [3.05, 3.63) is 35.7 Å². The van der Waals surface area contributed by atoms with Gasteiger partial charge < -0.3 is 9.67 Å². The molecular formula is C18H28N2O2. The van der Waals surface area contributed by atoms with Gasteiger partial charge in [0, 0.05) is 42.1 Å². The van der Waals surface area contributed by atoms with Gasteiger partial charge in [-0.3, -0.25) is 9.69 Å². The first kappa shape index (κ1) is 17.0. The van der Waals surface area contributed by atoms with Crippen molar-refractivity contribution in [2.45, 2.75) is 40.2 Å². The Hall–Kier alpha value is -1.39. The predicted octanol–water partition coefficient (Wildman–Crippen LogP) is 2.57. The maximum absolute atomic E-state index is 12.7. The zero-order chi connectivity index (χ0) is 16.3. The van der Waals surface area contributed by atoms with Crippen LogP contribution in [0.2, 0.25) is 0 Å². The zero-order valence-electron chi connectivity index (χ0n) is 14.1. The number of aliphatic hydroxyl groups is 1. The van der Waals surface area contributed by atoms with Crippen LogP contribution >= 0.6 is 0 Å². The van der Waals surface area contributed by atoms with Gasteiger partial charge in [-0.25, -0.2) is 0 Å². The molecule has 1 aliphatic rings. The van der Waals surface area contributed by atoms with E-state index in [1.807, 2.05) is 26.0 Å². The Bertz CT molecular complexity index is 562. The average molecular weight is 304 g/mol. The molecule has 1 saturated heterocycles. The third kappa shape index (κ3) is 3.50. The minimum absolute atomic E-state index is 0.0712. The van der Waals surface area contributed by atoms with E-state index in [9.17, 15) is 9.90 Å². The van der Waals surface area contributed by atoms with Gasteiger partial charge in [0.15, 0.2) is 5.78 Å². The Kier molecular flexibility index (Phi) is 5.24. The highest BCUT2D eigenvalue weighted by Gasteiger charge is 2.31. The maximum Gasteiger partial charge on any atom is 0.178 e. The highest BCUT2D eigenvalue weighted by Crippen LogP contribution is 2.29. The molecule has 2 heterocycles. The number of aliphatic hydroxyl groups excluding tert-OH is 1. The summed E-state index contributed by atoms with van der Waals surface area (Å²) in [5.74, 6) is 0.172. The van der Waals surface area contributed by atoms with Gasteiger partial charge in [-0.1, -0.05) is 13.0 Å². The van der Waals surface area contributed by atoms with Crippen molar-refractivity contribution in [1.29, 1.82) is 0 Å². The molecule has 0 aromatic carbocycles. The van der Waals surface area contributed by atoms with E-state index in [0.717, 1.165) is 49.4 Å². The second-order valence-corrected chi connectivity index (χ2v) is 6.89. The Labute approximate surface area is 133 Å². The predicted molar refractivity (Wildman–Crippen MR) is 89.3 cm³/mol. The number of carbonyl (C=O) groups excluding carboxylic acids is 1. The van der Waals surface area contributed by atoms with Crippen molar-refractivity contribution >= 4 is 5.78 Å². The average Bonchev–Trinajstić information content (AvgIpc) is 2.76. The summed E-state index contributed by atoms with van der Waals surface area (Å²) in [7, 11) is 0. The fourth-order valence-electron chi connectivity index (χ4n) is 3.47. The number of carbonyl (C=O) groups is 1. The molecule has 0 radical (unpaired) electrons. The maximum atomic E-state index is 12.7. The van der Waals surface area contributed by atoms with Crippen LogP contribution in [0.1, 0.15) is 41.5 Å². The first-order valence-corrected chi connectivity index (χ1v) is 8.04. The number of allylic oxidation sites excluding steroid dienone is 1. The molecule has 0 bridgehead atoms. The molecule has 122 valence electrons. The van der Waals surface area contributed by atoms with E-state index in [0.29, 0.717) is 6.54 Å². The molecule has 0 amide bonds. The molecule has 22 heavy (non-hydrogen) atoms. The number of ketones is 1. The van der Waals surface area contributed by atoms with Gasteiger partial charge in [0.2, 0.25) is 0 Å². The number of aryl methyl sites for hydroxylation is 1. The first-order valence-electron chi connectivity index (χ1n) is 8.04. The molecule has 1 unspecified atom stereocenters. The van der Waals surface area contributed by atoms with Crippen molar-refractivity contribution in [2.75, 3.05) is 26.2 Å². The third-order valence-corrected chi connectivity index (χ3v) is 4.79. The third-order valence-electron chi connectivity index (χ3n) is 4.79. The molecule has 4 nitrogen and oxygen atoms in total. The number of Topliss-reactive ketones (excluding diaryl/α,β-unsaturated/α-hetero) is 1. The standard InChI is InChI=1S/C18H28N2O2/c1-5-8-20-14(2)10-16(15(20)3)17(22)11-19-9-6-7-18(4,12-19)13-21/h5,10,21H,1,6-9,11-13H2,2-4H3. The van der Waals surface area contributed by atoms with Gasteiger partial charge in [-0.05, 0) is 39.3 Å². The van der Waals surface area contributed by atoms with Gasteiger partial charge >= 0.3 is 0 Å². The number of hydrogen-bond donors (Lipinski definition) is 1. The lowest BCUT2D eigenvalue weighted by atomic mass is 9.82. The van der Waals surface area contributed by atoms with Crippen molar-refractivity contribution in [3.63, 3.8) is 0 Å². The van der Waals surface area contributed by atoms with E-state index in [-0.39, 0.29) is 17.8 Å². The minimum atomic E-state index is -0.0712. The molecule has 1 fully saturated rings. The molecule has 2 rings (SSSR count). The summed E-state index contributed by atoms with van der Waals surface area (Å²) >= 11 is 0. The van der Waals surface area contributed by atoms with E-state index in [2.05, 4.69) is 23.0 Å². The molecule has 1 aromatic heterocycles. The molecule has 4 heteroatoms. The van der Waals surface area contributed by atoms with E-state index in [1.165, 1.54) is 0 Å². The van der Waals surface area contributed by atoms with Crippen LogP contribution in [-0.4, -0.2) is 46.6 Å². The van der Waals surface area contributed by atoms with Crippen LogP contribution in [0, 0.1) is 19.3 Å². The smallest absolute Gasteiger partial charge is 0.178 e. The van der Waals surface area contributed by atoms with E-state index in [1.54, 1.807) is 0 Å². The molecule has 0 saturated carbocycles. The molecular weight excluding hydrogens is 276 g/mol.